The van der Waals surface area contributed by atoms with Gasteiger partial charge in [-0.1, -0.05) is 12.6 Å². The highest BCUT2D eigenvalue weighted by molar-refractivity contribution is 7.16. The SMILES string of the molecule is C=C(CCC(C)(C)C(=O)OCCN1CCCC1=O)C(=O)Oc1cccc2oc(=O)sc12. The molecule has 0 saturated carbocycles. The molecule has 3 rings (SSSR count). The van der Waals surface area contributed by atoms with Crippen LogP contribution in [0, 0.1) is 5.41 Å². The molecule has 1 aromatic heterocycles. The van der Waals surface area contributed by atoms with Crippen molar-refractivity contribution in [1.82, 2.24) is 4.90 Å². The summed E-state index contributed by atoms with van der Waals surface area (Å²) in [5.41, 5.74) is -0.274. The highest BCUT2D eigenvalue weighted by Gasteiger charge is 2.30. The summed E-state index contributed by atoms with van der Waals surface area (Å²) in [5.74, 6) is -0.712. The van der Waals surface area contributed by atoms with Crippen molar-refractivity contribution in [2.75, 3.05) is 19.7 Å². The highest BCUT2D eigenvalue weighted by atomic mass is 32.1. The number of ether oxygens (including phenoxy) is 2. The van der Waals surface area contributed by atoms with Gasteiger partial charge >= 0.3 is 16.9 Å². The van der Waals surface area contributed by atoms with Crippen LogP contribution in [0.3, 0.4) is 0 Å². The largest absolute Gasteiger partial charge is 0.463 e. The molecular weight excluding hydrogens is 422 g/mol. The van der Waals surface area contributed by atoms with Crippen LogP contribution in [0.5, 0.6) is 5.75 Å². The predicted molar refractivity (Wildman–Crippen MR) is 115 cm³/mol. The number of hydrogen-bond acceptors (Lipinski definition) is 8. The van der Waals surface area contributed by atoms with Crippen molar-refractivity contribution in [2.24, 2.45) is 5.41 Å². The first-order valence-corrected chi connectivity index (χ1v) is 10.9. The fraction of sp³-hybridized carbons (Fsp3) is 0.455. The first-order chi connectivity index (χ1) is 14.7. The number of amides is 1. The van der Waals surface area contributed by atoms with Gasteiger partial charge in [-0.15, -0.1) is 0 Å². The Labute approximate surface area is 183 Å². The zero-order chi connectivity index (χ0) is 22.6. The lowest BCUT2D eigenvalue weighted by Crippen LogP contribution is -2.32. The topological polar surface area (TPSA) is 103 Å². The van der Waals surface area contributed by atoms with Gasteiger partial charge < -0.3 is 18.8 Å². The molecule has 1 aromatic carbocycles. The van der Waals surface area contributed by atoms with Gasteiger partial charge in [0.25, 0.3) is 0 Å². The number of hydrogen-bond donors (Lipinski definition) is 0. The molecule has 31 heavy (non-hydrogen) atoms. The van der Waals surface area contributed by atoms with Crippen LogP contribution in [0.1, 0.15) is 39.5 Å². The van der Waals surface area contributed by atoms with Crippen molar-refractivity contribution < 1.29 is 28.3 Å². The molecule has 2 heterocycles. The summed E-state index contributed by atoms with van der Waals surface area (Å²) in [7, 11) is 0. The molecule has 1 aliphatic heterocycles. The van der Waals surface area contributed by atoms with E-state index in [-0.39, 0.29) is 30.3 Å². The zero-order valence-corrected chi connectivity index (χ0v) is 18.4. The molecule has 8 nitrogen and oxygen atoms in total. The van der Waals surface area contributed by atoms with E-state index in [0.29, 0.717) is 36.2 Å². The van der Waals surface area contributed by atoms with Crippen LogP contribution < -0.4 is 9.68 Å². The van der Waals surface area contributed by atoms with Gasteiger partial charge in [-0.2, -0.15) is 0 Å². The van der Waals surface area contributed by atoms with E-state index in [1.807, 2.05) is 0 Å². The molecule has 0 aliphatic carbocycles. The summed E-state index contributed by atoms with van der Waals surface area (Å²) in [6.07, 6.45) is 1.96. The van der Waals surface area contributed by atoms with Gasteiger partial charge in [-0.25, -0.2) is 9.59 Å². The maximum absolute atomic E-state index is 12.4. The third kappa shape index (κ3) is 5.61. The van der Waals surface area contributed by atoms with E-state index in [0.717, 1.165) is 17.8 Å². The number of carbonyl (C=O) groups is 3. The molecule has 2 aromatic rings. The van der Waals surface area contributed by atoms with Gasteiger partial charge in [-0.3, -0.25) is 9.59 Å². The number of rotatable bonds is 9. The van der Waals surface area contributed by atoms with Gasteiger partial charge in [0.15, 0.2) is 11.3 Å². The molecule has 9 heteroatoms. The minimum absolute atomic E-state index is 0.0866. The minimum atomic E-state index is -0.831. The quantitative estimate of drug-likeness (QED) is 0.330. The van der Waals surface area contributed by atoms with Crippen molar-refractivity contribution in [3.63, 3.8) is 0 Å². The second kappa shape index (κ2) is 9.47. The monoisotopic (exact) mass is 447 g/mol. The smallest absolute Gasteiger partial charge is 0.396 e. The Balaban J connectivity index is 1.48. The maximum Gasteiger partial charge on any atom is 0.396 e. The molecule has 166 valence electrons. The van der Waals surface area contributed by atoms with E-state index in [1.54, 1.807) is 36.9 Å². The highest BCUT2D eigenvalue weighted by Crippen LogP contribution is 2.30. The number of fused-ring (bicyclic) bond motifs is 1. The summed E-state index contributed by atoms with van der Waals surface area (Å²) in [5, 5.41) is 0. The zero-order valence-electron chi connectivity index (χ0n) is 17.6. The lowest BCUT2D eigenvalue weighted by Gasteiger charge is -2.23. The molecule has 0 N–H and O–H groups in total. The number of carbonyl (C=O) groups excluding carboxylic acids is 3. The summed E-state index contributed by atoms with van der Waals surface area (Å²) in [4.78, 5) is 49.1. The van der Waals surface area contributed by atoms with Gasteiger partial charge in [-0.05, 0) is 56.6 Å². The molecule has 0 radical (unpaired) electrons. The van der Waals surface area contributed by atoms with Crippen LogP contribution >= 0.6 is 11.3 Å². The molecule has 0 atom stereocenters. The Kier molecular flexibility index (Phi) is 6.94. The fourth-order valence-corrected chi connectivity index (χ4v) is 3.89. The molecule has 1 saturated heterocycles. The lowest BCUT2D eigenvalue weighted by molar-refractivity contribution is -0.155. The second-order valence-electron chi connectivity index (χ2n) is 8.03. The van der Waals surface area contributed by atoms with Crippen LogP contribution in [0.4, 0.5) is 0 Å². The van der Waals surface area contributed by atoms with Crippen molar-refractivity contribution in [3.8, 4) is 5.75 Å². The summed E-state index contributed by atoms with van der Waals surface area (Å²) in [6.45, 7) is 8.48. The van der Waals surface area contributed by atoms with Crippen molar-refractivity contribution in [3.05, 3.63) is 40.1 Å². The summed E-state index contributed by atoms with van der Waals surface area (Å²) in [6, 6.07) is 4.82. The van der Waals surface area contributed by atoms with E-state index in [4.69, 9.17) is 13.9 Å². The van der Waals surface area contributed by atoms with E-state index in [2.05, 4.69) is 6.58 Å². The van der Waals surface area contributed by atoms with Crippen LogP contribution in [0.25, 0.3) is 10.3 Å². The van der Waals surface area contributed by atoms with E-state index < -0.39 is 22.3 Å². The molecule has 0 bridgehead atoms. The molecule has 1 fully saturated rings. The molecule has 1 amide bonds. The van der Waals surface area contributed by atoms with Gasteiger partial charge in [0.05, 0.1) is 12.0 Å². The molecule has 0 spiro atoms. The van der Waals surface area contributed by atoms with Gasteiger partial charge in [0, 0.05) is 18.5 Å². The normalized spacial score (nSPS) is 14.1. The average Bonchev–Trinajstić information content (AvgIpc) is 3.31. The van der Waals surface area contributed by atoms with Crippen molar-refractivity contribution in [1.29, 1.82) is 0 Å². The number of nitrogens with zero attached hydrogens (tertiary/aromatic N) is 1. The Morgan fingerprint density at radius 1 is 1.29 bits per heavy atom. The number of benzene rings is 1. The third-order valence-corrected chi connectivity index (χ3v) is 6.04. The van der Waals surface area contributed by atoms with E-state index >= 15 is 0 Å². The van der Waals surface area contributed by atoms with E-state index in [9.17, 15) is 19.2 Å². The van der Waals surface area contributed by atoms with Gasteiger partial charge in [0.1, 0.15) is 11.3 Å². The molecule has 1 aliphatic rings. The fourth-order valence-electron chi connectivity index (χ4n) is 3.17. The second-order valence-corrected chi connectivity index (χ2v) is 8.98. The average molecular weight is 448 g/mol. The molecule has 0 unspecified atom stereocenters. The Hall–Kier alpha value is -2.94. The van der Waals surface area contributed by atoms with Crippen LogP contribution in [0.2, 0.25) is 0 Å². The lowest BCUT2D eigenvalue weighted by atomic mass is 9.86. The Morgan fingerprint density at radius 2 is 2.06 bits per heavy atom. The van der Waals surface area contributed by atoms with Gasteiger partial charge in [0.2, 0.25) is 5.91 Å². The molecular formula is C22H25NO7S. The predicted octanol–water partition coefficient (Wildman–Crippen LogP) is 3.29. The number of likely N-dealkylation sites (tertiary alicyclic amines) is 1. The van der Waals surface area contributed by atoms with Crippen LogP contribution in [-0.2, 0) is 19.1 Å². The Morgan fingerprint density at radius 3 is 2.77 bits per heavy atom. The maximum atomic E-state index is 12.4. The van der Waals surface area contributed by atoms with Crippen molar-refractivity contribution in [2.45, 2.75) is 39.5 Å². The number of esters is 2. The Bertz CT molecular complexity index is 1070. The minimum Gasteiger partial charge on any atom is -0.463 e. The van der Waals surface area contributed by atoms with E-state index in [1.165, 1.54) is 0 Å². The summed E-state index contributed by atoms with van der Waals surface area (Å²) >= 11 is 0.856. The van der Waals surface area contributed by atoms with Crippen molar-refractivity contribution >= 4 is 39.5 Å². The summed E-state index contributed by atoms with van der Waals surface area (Å²) < 4.78 is 16.2. The standard InChI is InChI=1S/C22H25NO7S/c1-14(19(25)29-15-6-4-7-16-18(15)31-21(27)30-16)9-10-22(2,3)20(26)28-13-12-23-11-5-8-17(23)24/h4,6-7H,1,5,8-13H2,2-3H3. The first-order valence-electron chi connectivity index (χ1n) is 10.0. The third-order valence-electron chi connectivity index (χ3n) is 5.18. The van der Waals surface area contributed by atoms with Crippen LogP contribution in [-0.4, -0.2) is 42.4 Å². The first kappa shape index (κ1) is 22.7. The van der Waals surface area contributed by atoms with Crippen LogP contribution in [0.15, 0.2) is 39.6 Å².